The van der Waals surface area contributed by atoms with E-state index in [2.05, 4.69) is 95.6 Å². The Labute approximate surface area is 327 Å². The molecule has 1 aliphatic rings. The quantitative estimate of drug-likeness (QED) is 0.165. The van der Waals surface area contributed by atoms with E-state index in [0.717, 1.165) is 86.9 Å². The standard InChI is InChI=1S/C51H40N4/c1-4-12-35(13-5-1)37-20-22-39(23-21-37)43-30-33-48-46(34-43)45-18-10-11-19-47(45)55(48)44-31-28-42(29-32-44)51-53-49(40-16-8-3-9-17-40)52-50(54-51)41-26-24-38(25-27-41)36-14-6-2-7-15-36/h1-27,30,33-34,42,44H,28-29,31-32H2/i10D,11D,18D,19D. The first kappa shape index (κ1) is 28.8. The van der Waals surface area contributed by atoms with Crippen molar-refractivity contribution in [3.63, 3.8) is 0 Å². The second kappa shape index (κ2) is 14.3. The van der Waals surface area contributed by atoms with Gasteiger partial charge in [0.25, 0.3) is 0 Å². The molecule has 0 N–H and O–H groups in total. The minimum atomic E-state index is -0.211. The Bertz CT molecular complexity index is 2960. The predicted octanol–water partition coefficient (Wildman–Crippen LogP) is 13.2. The number of nitrogens with zero attached hydrogens (tertiary/aromatic N) is 4. The fourth-order valence-corrected chi connectivity index (χ4v) is 8.25. The second-order valence-corrected chi connectivity index (χ2v) is 14.4. The topological polar surface area (TPSA) is 43.6 Å². The van der Waals surface area contributed by atoms with Crippen molar-refractivity contribution in [2.75, 3.05) is 0 Å². The summed E-state index contributed by atoms with van der Waals surface area (Å²) in [7, 11) is 0. The van der Waals surface area contributed by atoms with Gasteiger partial charge in [0.1, 0.15) is 5.82 Å². The maximum Gasteiger partial charge on any atom is 0.163 e. The average molecular weight is 713 g/mol. The third kappa shape index (κ3) is 6.40. The SMILES string of the molecule is [2H]c1c([2H])c([2H])c2c(c1[2H])c1cc(-c3ccc(-c4ccccc4)cc3)ccc1n2C1CCC(c2nc(-c3ccccc3)nc(-c3ccc(-c4ccccc4)cc3)n2)CC1. The minimum Gasteiger partial charge on any atom is -0.337 e. The molecular formula is C51H40N4. The van der Waals surface area contributed by atoms with Crippen LogP contribution in [0.4, 0.5) is 0 Å². The largest absolute Gasteiger partial charge is 0.337 e. The van der Waals surface area contributed by atoms with Gasteiger partial charge in [0.2, 0.25) is 0 Å². The van der Waals surface area contributed by atoms with Gasteiger partial charge in [-0.15, -0.1) is 0 Å². The molecule has 0 amide bonds. The van der Waals surface area contributed by atoms with Crippen molar-refractivity contribution in [1.82, 2.24) is 19.5 Å². The molecule has 0 aliphatic heterocycles. The molecule has 1 aliphatic carbocycles. The fraction of sp³-hybridized carbons (Fsp3) is 0.118. The summed E-state index contributed by atoms with van der Waals surface area (Å²) < 4.78 is 37.7. The molecule has 2 aromatic heterocycles. The minimum absolute atomic E-state index is 0.000909. The number of hydrogen-bond donors (Lipinski definition) is 0. The zero-order valence-electron chi connectivity index (χ0n) is 34.3. The first-order valence-electron chi connectivity index (χ1n) is 21.1. The van der Waals surface area contributed by atoms with Crippen molar-refractivity contribution < 1.29 is 5.48 Å². The Hall–Kier alpha value is -6.65. The van der Waals surface area contributed by atoms with Crippen LogP contribution in [0.1, 0.15) is 49.0 Å². The number of rotatable bonds is 7. The average Bonchev–Trinajstić information content (AvgIpc) is 3.66. The number of fused-ring (bicyclic) bond motifs is 3. The number of aromatic nitrogens is 4. The summed E-state index contributed by atoms with van der Waals surface area (Å²) in [5.41, 5.74) is 10.0. The van der Waals surface area contributed by atoms with E-state index in [1.54, 1.807) is 0 Å². The molecule has 4 heteroatoms. The molecule has 4 nitrogen and oxygen atoms in total. The lowest BCUT2D eigenvalue weighted by Gasteiger charge is -2.30. The molecule has 0 saturated heterocycles. The lowest BCUT2D eigenvalue weighted by Crippen LogP contribution is -2.19. The van der Waals surface area contributed by atoms with Gasteiger partial charge in [0.05, 0.1) is 5.48 Å². The fourth-order valence-electron chi connectivity index (χ4n) is 8.25. The Morgan fingerprint density at radius 2 is 0.873 bits per heavy atom. The summed E-state index contributed by atoms with van der Waals surface area (Å²) >= 11 is 0. The highest BCUT2D eigenvalue weighted by atomic mass is 15.0. The van der Waals surface area contributed by atoms with E-state index >= 15 is 0 Å². The van der Waals surface area contributed by atoms with Crippen LogP contribution in [0.3, 0.4) is 0 Å². The lowest BCUT2D eigenvalue weighted by atomic mass is 9.85. The van der Waals surface area contributed by atoms with E-state index in [1.165, 1.54) is 0 Å². The second-order valence-electron chi connectivity index (χ2n) is 14.4. The van der Waals surface area contributed by atoms with Crippen LogP contribution in [0.25, 0.3) is 78.0 Å². The summed E-state index contributed by atoms with van der Waals surface area (Å²) in [6, 6.07) is 53.5. The van der Waals surface area contributed by atoms with E-state index < -0.39 is 0 Å². The van der Waals surface area contributed by atoms with Gasteiger partial charge in [-0.1, -0.05) is 164 Å². The van der Waals surface area contributed by atoms with Gasteiger partial charge < -0.3 is 4.57 Å². The Kier molecular flexibility index (Phi) is 7.49. The maximum atomic E-state index is 9.15. The van der Waals surface area contributed by atoms with Gasteiger partial charge in [-0.05, 0) is 77.2 Å². The summed E-state index contributed by atoms with van der Waals surface area (Å²) in [5, 5.41) is 1.41. The van der Waals surface area contributed by atoms with Crippen molar-refractivity contribution >= 4 is 21.8 Å². The molecule has 0 spiro atoms. The molecule has 0 bridgehead atoms. The highest BCUT2D eigenvalue weighted by molar-refractivity contribution is 6.09. The molecule has 55 heavy (non-hydrogen) atoms. The highest BCUT2D eigenvalue weighted by Gasteiger charge is 2.28. The molecule has 10 rings (SSSR count). The van der Waals surface area contributed by atoms with E-state index in [-0.39, 0.29) is 36.1 Å². The summed E-state index contributed by atoms with van der Waals surface area (Å²) in [4.78, 5) is 15.2. The zero-order chi connectivity index (χ0) is 40.0. The molecular weight excluding hydrogens is 669 g/mol. The molecule has 2 heterocycles. The van der Waals surface area contributed by atoms with Crippen LogP contribution in [-0.4, -0.2) is 19.5 Å². The van der Waals surface area contributed by atoms with E-state index in [9.17, 15) is 0 Å². The van der Waals surface area contributed by atoms with E-state index in [4.69, 9.17) is 20.4 Å². The van der Waals surface area contributed by atoms with Crippen LogP contribution >= 0.6 is 0 Å². The Balaban J connectivity index is 0.994. The monoisotopic (exact) mass is 712 g/mol. The number of para-hydroxylation sites is 1. The molecule has 264 valence electrons. The third-order valence-corrected chi connectivity index (χ3v) is 11.1. The van der Waals surface area contributed by atoms with Crippen molar-refractivity contribution in [3.05, 3.63) is 188 Å². The molecule has 9 aromatic rings. The van der Waals surface area contributed by atoms with Crippen LogP contribution in [0.5, 0.6) is 0 Å². The smallest absolute Gasteiger partial charge is 0.163 e. The first-order valence-corrected chi connectivity index (χ1v) is 19.1. The number of benzene rings is 7. The van der Waals surface area contributed by atoms with Crippen molar-refractivity contribution in [2.24, 2.45) is 0 Å². The highest BCUT2D eigenvalue weighted by Crippen LogP contribution is 2.43. The predicted molar refractivity (Wildman–Crippen MR) is 227 cm³/mol. The normalized spacial score (nSPS) is 16.7. The van der Waals surface area contributed by atoms with Gasteiger partial charge in [-0.3, -0.25) is 0 Å². The molecule has 1 fully saturated rings. The molecule has 0 unspecified atom stereocenters. The van der Waals surface area contributed by atoms with Crippen LogP contribution in [0.15, 0.2) is 182 Å². The van der Waals surface area contributed by atoms with Crippen LogP contribution in [0, 0.1) is 0 Å². The lowest BCUT2D eigenvalue weighted by molar-refractivity contribution is 0.327. The summed E-state index contributed by atoms with van der Waals surface area (Å²) in [6.45, 7) is 0. The van der Waals surface area contributed by atoms with Gasteiger partial charge in [-0.2, -0.15) is 0 Å². The summed E-state index contributed by atoms with van der Waals surface area (Å²) in [6.07, 6.45) is 3.27. The third-order valence-electron chi connectivity index (χ3n) is 11.1. The van der Waals surface area contributed by atoms with Crippen LogP contribution in [-0.2, 0) is 0 Å². The molecule has 0 atom stereocenters. The van der Waals surface area contributed by atoms with Crippen molar-refractivity contribution in [2.45, 2.75) is 37.6 Å². The van der Waals surface area contributed by atoms with Gasteiger partial charge >= 0.3 is 0 Å². The van der Waals surface area contributed by atoms with E-state index in [1.807, 2.05) is 66.7 Å². The first-order chi connectivity index (χ1) is 28.9. The molecule has 7 aromatic carbocycles. The zero-order valence-corrected chi connectivity index (χ0v) is 30.3. The van der Waals surface area contributed by atoms with Gasteiger partial charge in [-0.25, -0.2) is 15.0 Å². The van der Waals surface area contributed by atoms with Crippen molar-refractivity contribution in [1.29, 1.82) is 0 Å². The van der Waals surface area contributed by atoms with Gasteiger partial charge in [0, 0.05) is 44.9 Å². The summed E-state index contributed by atoms with van der Waals surface area (Å²) in [5.74, 6) is 2.20. The Morgan fingerprint density at radius 1 is 0.418 bits per heavy atom. The van der Waals surface area contributed by atoms with Crippen LogP contribution in [0.2, 0.25) is 0 Å². The molecule has 0 radical (unpaired) electrons. The van der Waals surface area contributed by atoms with E-state index in [0.29, 0.717) is 22.6 Å². The van der Waals surface area contributed by atoms with Crippen LogP contribution < -0.4 is 0 Å². The number of hydrogen-bond acceptors (Lipinski definition) is 3. The maximum absolute atomic E-state index is 9.15. The molecule has 1 saturated carbocycles. The van der Waals surface area contributed by atoms with Gasteiger partial charge in [0.15, 0.2) is 11.6 Å². The van der Waals surface area contributed by atoms with Crippen molar-refractivity contribution in [3.8, 4) is 56.2 Å². The Morgan fingerprint density at radius 3 is 1.45 bits per heavy atom.